The number of methoxy groups -OCH3 is 1. The minimum atomic E-state index is -0.0174. The van der Waals surface area contributed by atoms with Crippen LogP contribution in [0.1, 0.15) is 5.56 Å². The normalized spacial score (nSPS) is 10.6. The summed E-state index contributed by atoms with van der Waals surface area (Å²) in [6.45, 7) is 0.506. The first-order valence-corrected chi connectivity index (χ1v) is 9.24. The molecule has 0 aliphatic rings. The van der Waals surface area contributed by atoms with Gasteiger partial charge in [-0.25, -0.2) is 0 Å². The predicted molar refractivity (Wildman–Crippen MR) is 114 cm³/mol. The lowest BCUT2D eigenvalue weighted by molar-refractivity contribution is 0.415. The highest BCUT2D eigenvalue weighted by Gasteiger charge is 2.10. The molecule has 1 aromatic heterocycles. The van der Waals surface area contributed by atoms with Gasteiger partial charge in [-0.3, -0.25) is 4.79 Å². The van der Waals surface area contributed by atoms with E-state index in [9.17, 15) is 4.79 Å². The Labute approximate surface area is 164 Å². The lowest BCUT2D eigenvalue weighted by Gasteiger charge is -2.16. The highest BCUT2D eigenvalue weighted by Crippen LogP contribution is 2.26. The molecule has 0 saturated heterocycles. The standard InChI is InChI=1S/C25H21NO2/c1-28-22-16-14-20(15-17-22)24-12-7-13-25(27)26(24)18-21-10-5-6-11-23(21)19-8-3-2-4-9-19/h2-17H,18H2,1H3. The Morgan fingerprint density at radius 1 is 0.714 bits per heavy atom. The summed E-state index contributed by atoms with van der Waals surface area (Å²) in [5, 5.41) is 0. The Bertz CT molecular complexity index is 1130. The molecule has 0 amide bonds. The van der Waals surface area contributed by atoms with Crippen LogP contribution in [0.3, 0.4) is 0 Å². The average Bonchev–Trinajstić information content (AvgIpc) is 2.76. The number of nitrogens with zero attached hydrogens (tertiary/aromatic N) is 1. The molecule has 0 spiro atoms. The topological polar surface area (TPSA) is 31.2 Å². The van der Waals surface area contributed by atoms with Gasteiger partial charge in [-0.05, 0) is 52.6 Å². The number of rotatable bonds is 5. The molecular weight excluding hydrogens is 346 g/mol. The summed E-state index contributed by atoms with van der Waals surface area (Å²) in [7, 11) is 1.65. The van der Waals surface area contributed by atoms with E-state index in [1.807, 2.05) is 71.3 Å². The van der Waals surface area contributed by atoms with Gasteiger partial charge < -0.3 is 9.30 Å². The highest BCUT2D eigenvalue weighted by molar-refractivity contribution is 5.68. The van der Waals surface area contributed by atoms with E-state index in [1.165, 1.54) is 0 Å². The zero-order valence-corrected chi connectivity index (χ0v) is 15.7. The Morgan fingerprint density at radius 3 is 2.18 bits per heavy atom. The third-order valence-electron chi connectivity index (χ3n) is 4.87. The van der Waals surface area contributed by atoms with Crippen molar-refractivity contribution in [2.45, 2.75) is 6.54 Å². The van der Waals surface area contributed by atoms with Crippen LogP contribution in [0.4, 0.5) is 0 Å². The Balaban J connectivity index is 1.79. The van der Waals surface area contributed by atoms with Gasteiger partial charge in [0.25, 0.3) is 5.56 Å². The first kappa shape index (κ1) is 17.8. The van der Waals surface area contributed by atoms with Crippen molar-refractivity contribution in [3.8, 4) is 28.1 Å². The fourth-order valence-corrected chi connectivity index (χ4v) is 3.43. The monoisotopic (exact) mass is 367 g/mol. The minimum Gasteiger partial charge on any atom is -0.497 e. The summed E-state index contributed by atoms with van der Waals surface area (Å²) < 4.78 is 7.07. The smallest absolute Gasteiger partial charge is 0.251 e. The molecule has 0 saturated carbocycles. The van der Waals surface area contributed by atoms with Crippen LogP contribution >= 0.6 is 0 Å². The largest absolute Gasteiger partial charge is 0.497 e. The molecule has 0 fully saturated rings. The molecule has 1 heterocycles. The molecule has 0 aliphatic carbocycles. The molecular formula is C25H21NO2. The van der Waals surface area contributed by atoms with Crippen LogP contribution in [0.15, 0.2) is 102 Å². The van der Waals surface area contributed by atoms with Crippen LogP contribution < -0.4 is 10.3 Å². The van der Waals surface area contributed by atoms with E-state index in [1.54, 1.807) is 13.2 Å². The summed E-state index contributed by atoms with van der Waals surface area (Å²) >= 11 is 0. The summed E-state index contributed by atoms with van der Waals surface area (Å²) in [5.74, 6) is 0.794. The molecule has 0 aliphatic heterocycles. The van der Waals surface area contributed by atoms with E-state index in [4.69, 9.17) is 4.74 Å². The van der Waals surface area contributed by atoms with Gasteiger partial charge in [0.1, 0.15) is 5.75 Å². The maximum absolute atomic E-state index is 12.7. The zero-order chi connectivity index (χ0) is 19.3. The second kappa shape index (κ2) is 7.97. The number of ether oxygens (including phenoxy) is 1. The molecule has 28 heavy (non-hydrogen) atoms. The summed E-state index contributed by atoms with van der Waals surface area (Å²) in [5.41, 5.74) is 5.24. The number of pyridine rings is 1. The van der Waals surface area contributed by atoms with Gasteiger partial charge in [0.2, 0.25) is 0 Å². The molecule has 138 valence electrons. The minimum absolute atomic E-state index is 0.0174. The van der Waals surface area contributed by atoms with E-state index in [0.29, 0.717) is 6.54 Å². The SMILES string of the molecule is COc1ccc(-c2cccc(=O)n2Cc2ccccc2-c2ccccc2)cc1. The van der Waals surface area contributed by atoms with Crippen LogP contribution in [0.5, 0.6) is 5.75 Å². The predicted octanol–water partition coefficient (Wildman–Crippen LogP) is 5.24. The molecule has 0 N–H and O–H groups in total. The van der Waals surface area contributed by atoms with Gasteiger partial charge in [-0.1, -0.05) is 60.7 Å². The Kier molecular flexibility index (Phi) is 5.07. The van der Waals surface area contributed by atoms with Gasteiger partial charge >= 0.3 is 0 Å². The van der Waals surface area contributed by atoms with Gasteiger partial charge in [0.15, 0.2) is 0 Å². The molecule has 4 rings (SSSR count). The molecule has 3 heteroatoms. The van der Waals surface area contributed by atoms with Crippen molar-refractivity contribution in [2.24, 2.45) is 0 Å². The molecule has 4 aromatic rings. The quantitative estimate of drug-likeness (QED) is 0.483. The molecule has 0 atom stereocenters. The van der Waals surface area contributed by atoms with Gasteiger partial charge in [0.05, 0.1) is 19.3 Å². The van der Waals surface area contributed by atoms with Crippen molar-refractivity contribution in [2.75, 3.05) is 7.11 Å². The molecule has 3 nitrogen and oxygen atoms in total. The van der Waals surface area contributed by atoms with Crippen LogP contribution in [0.2, 0.25) is 0 Å². The van der Waals surface area contributed by atoms with Gasteiger partial charge in [-0.15, -0.1) is 0 Å². The summed E-state index contributed by atoms with van der Waals surface area (Å²) in [6.07, 6.45) is 0. The van der Waals surface area contributed by atoms with Gasteiger partial charge in [-0.2, -0.15) is 0 Å². The highest BCUT2D eigenvalue weighted by atomic mass is 16.5. The fraction of sp³-hybridized carbons (Fsp3) is 0.0800. The lowest BCUT2D eigenvalue weighted by atomic mass is 9.99. The lowest BCUT2D eigenvalue weighted by Crippen LogP contribution is -2.21. The van der Waals surface area contributed by atoms with Crippen molar-refractivity contribution >= 4 is 0 Å². The number of hydrogen-bond acceptors (Lipinski definition) is 2. The maximum Gasteiger partial charge on any atom is 0.251 e. The first-order valence-electron chi connectivity index (χ1n) is 9.24. The second-order valence-electron chi connectivity index (χ2n) is 6.59. The Morgan fingerprint density at radius 2 is 1.43 bits per heavy atom. The molecule has 0 radical (unpaired) electrons. The maximum atomic E-state index is 12.7. The van der Waals surface area contributed by atoms with Crippen molar-refractivity contribution < 1.29 is 4.74 Å². The fourth-order valence-electron chi connectivity index (χ4n) is 3.43. The van der Waals surface area contributed by atoms with E-state index in [0.717, 1.165) is 33.7 Å². The van der Waals surface area contributed by atoms with E-state index in [-0.39, 0.29) is 5.56 Å². The van der Waals surface area contributed by atoms with Crippen LogP contribution in [-0.2, 0) is 6.54 Å². The summed E-state index contributed by atoms with van der Waals surface area (Å²) in [6, 6.07) is 31.7. The number of benzene rings is 3. The van der Waals surface area contributed by atoms with Crippen molar-refractivity contribution in [1.29, 1.82) is 0 Å². The summed E-state index contributed by atoms with van der Waals surface area (Å²) in [4.78, 5) is 12.7. The average molecular weight is 367 g/mol. The molecule has 0 bridgehead atoms. The van der Waals surface area contributed by atoms with Crippen LogP contribution in [0.25, 0.3) is 22.4 Å². The Hall–Kier alpha value is -3.59. The third kappa shape index (κ3) is 3.60. The zero-order valence-electron chi connectivity index (χ0n) is 15.7. The van der Waals surface area contributed by atoms with Gasteiger partial charge in [0, 0.05) is 6.07 Å². The van der Waals surface area contributed by atoms with E-state index >= 15 is 0 Å². The van der Waals surface area contributed by atoms with Crippen molar-refractivity contribution in [3.05, 3.63) is 113 Å². The molecule has 3 aromatic carbocycles. The van der Waals surface area contributed by atoms with E-state index in [2.05, 4.69) is 24.3 Å². The number of aromatic nitrogens is 1. The van der Waals surface area contributed by atoms with E-state index < -0.39 is 0 Å². The number of hydrogen-bond donors (Lipinski definition) is 0. The third-order valence-corrected chi connectivity index (χ3v) is 4.87. The van der Waals surface area contributed by atoms with Crippen molar-refractivity contribution in [1.82, 2.24) is 4.57 Å². The second-order valence-corrected chi connectivity index (χ2v) is 6.59. The van der Waals surface area contributed by atoms with Crippen LogP contribution in [-0.4, -0.2) is 11.7 Å². The van der Waals surface area contributed by atoms with Crippen LogP contribution in [0, 0.1) is 0 Å². The molecule has 0 unspecified atom stereocenters. The first-order chi connectivity index (χ1) is 13.8. The van der Waals surface area contributed by atoms with Crippen molar-refractivity contribution in [3.63, 3.8) is 0 Å².